The molecule has 1 unspecified atom stereocenters. The highest BCUT2D eigenvalue weighted by molar-refractivity contribution is 9.10. The number of rotatable bonds is 3. The molecule has 1 aliphatic heterocycles. The summed E-state index contributed by atoms with van der Waals surface area (Å²) in [6.07, 6.45) is 0. The summed E-state index contributed by atoms with van der Waals surface area (Å²) in [4.78, 5) is 16.9. The number of hydrogen-bond donors (Lipinski definition) is 0. The van der Waals surface area contributed by atoms with E-state index in [1.807, 2.05) is 30.0 Å². The highest BCUT2D eigenvalue weighted by atomic mass is 79.9. The Hall–Kier alpha value is -1.84. The third-order valence-corrected chi connectivity index (χ3v) is 5.34. The highest BCUT2D eigenvalue weighted by Crippen LogP contribution is 2.29. The van der Waals surface area contributed by atoms with E-state index in [2.05, 4.69) is 40.7 Å². The van der Waals surface area contributed by atoms with Gasteiger partial charge in [-0.05, 0) is 31.0 Å². The van der Waals surface area contributed by atoms with Gasteiger partial charge in [-0.2, -0.15) is 5.26 Å². The molecular formula is C19H22BrN3O2. The fourth-order valence-corrected chi connectivity index (χ4v) is 3.76. The van der Waals surface area contributed by atoms with E-state index in [0.29, 0.717) is 31.9 Å². The van der Waals surface area contributed by atoms with Gasteiger partial charge in [0.15, 0.2) is 5.76 Å². The molecule has 0 aliphatic carbocycles. The van der Waals surface area contributed by atoms with E-state index in [4.69, 9.17) is 4.42 Å². The number of amides is 1. The molecule has 1 aliphatic rings. The molecule has 3 rings (SSSR count). The maximum Gasteiger partial charge on any atom is 0.289 e. The van der Waals surface area contributed by atoms with Gasteiger partial charge in [0.1, 0.15) is 11.6 Å². The molecule has 0 spiro atoms. The van der Waals surface area contributed by atoms with Crippen LogP contribution in [0.1, 0.15) is 30.0 Å². The summed E-state index contributed by atoms with van der Waals surface area (Å²) in [5.41, 5.74) is 1.60. The van der Waals surface area contributed by atoms with Crippen LogP contribution in [0.2, 0.25) is 0 Å². The van der Waals surface area contributed by atoms with Crippen molar-refractivity contribution >= 4 is 32.8 Å². The standard InChI is InChI=1S/C19H22BrN3O2/c1-12(2)16(11-21)22-6-8-23(9-7-22)19(24)18-13(3)15-10-14(20)4-5-17(15)25-18/h4-5,10,12,16H,6-9H2,1-3H3. The van der Waals surface area contributed by atoms with Gasteiger partial charge in [0.2, 0.25) is 0 Å². The molecule has 1 amide bonds. The topological polar surface area (TPSA) is 60.5 Å². The minimum atomic E-state index is -0.0949. The number of aryl methyl sites for hydroxylation is 1. The van der Waals surface area contributed by atoms with Crippen LogP contribution in [0.3, 0.4) is 0 Å². The fraction of sp³-hybridized carbons (Fsp3) is 0.474. The number of piperazine rings is 1. The van der Waals surface area contributed by atoms with Gasteiger partial charge in [-0.3, -0.25) is 9.69 Å². The molecule has 0 N–H and O–H groups in total. The van der Waals surface area contributed by atoms with E-state index in [9.17, 15) is 10.1 Å². The number of nitriles is 1. The quantitative estimate of drug-likeness (QED) is 0.781. The van der Waals surface area contributed by atoms with Crippen LogP contribution in [0.15, 0.2) is 27.1 Å². The Morgan fingerprint density at radius 2 is 1.96 bits per heavy atom. The Kier molecular flexibility index (Phi) is 5.16. The van der Waals surface area contributed by atoms with E-state index in [1.54, 1.807) is 0 Å². The molecule has 132 valence electrons. The molecule has 6 heteroatoms. The van der Waals surface area contributed by atoms with Crippen LogP contribution < -0.4 is 0 Å². The third-order valence-electron chi connectivity index (χ3n) is 4.85. The molecular weight excluding hydrogens is 382 g/mol. The number of fused-ring (bicyclic) bond motifs is 1. The first-order chi connectivity index (χ1) is 11.9. The second-order valence-electron chi connectivity index (χ2n) is 6.84. The van der Waals surface area contributed by atoms with E-state index < -0.39 is 0 Å². The van der Waals surface area contributed by atoms with Gasteiger partial charge in [0.25, 0.3) is 5.91 Å². The Balaban J connectivity index is 1.75. The number of nitrogens with zero attached hydrogens (tertiary/aromatic N) is 3. The second-order valence-corrected chi connectivity index (χ2v) is 7.76. The zero-order valence-corrected chi connectivity index (χ0v) is 16.3. The predicted molar refractivity (Wildman–Crippen MR) is 100 cm³/mol. The van der Waals surface area contributed by atoms with Crippen molar-refractivity contribution in [3.8, 4) is 6.07 Å². The molecule has 0 bridgehead atoms. The normalized spacial score (nSPS) is 17.0. The van der Waals surface area contributed by atoms with Crippen molar-refractivity contribution in [3.63, 3.8) is 0 Å². The monoisotopic (exact) mass is 403 g/mol. The highest BCUT2D eigenvalue weighted by Gasteiger charge is 2.30. The Morgan fingerprint density at radius 3 is 2.56 bits per heavy atom. The van der Waals surface area contributed by atoms with Crippen molar-refractivity contribution < 1.29 is 9.21 Å². The molecule has 2 heterocycles. The van der Waals surface area contributed by atoms with E-state index in [0.717, 1.165) is 21.0 Å². The number of carbonyl (C=O) groups is 1. The minimum Gasteiger partial charge on any atom is -0.451 e. The third kappa shape index (κ3) is 3.44. The lowest BCUT2D eigenvalue weighted by molar-refractivity contribution is 0.0549. The number of hydrogen-bond acceptors (Lipinski definition) is 4. The van der Waals surface area contributed by atoms with Crippen molar-refractivity contribution in [2.24, 2.45) is 5.92 Å². The number of halogens is 1. The predicted octanol–water partition coefficient (Wildman–Crippen LogP) is 3.81. The fourth-order valence-electron chi connectivity index (χ4n) is 3.40. The molecule has 1 aromatic carbocycles. The maximum atomic E-state index is 12.9. The van der Waals surface area contributed by atoms with Crippen LogP contribution in [0, 0.1) is 24.2 Å². The van der Waals surface area contributed by atoms with Crippen LogP contribution in [0.25, 0.3) is 11.0 Å². The first-order valence-electron chi connectivity index (χ1n) is 8.54. The number of carbonyl (C=O) groups excluding carboxylic acids is 1. The second kappa shape index (κ2) is 7.19. The average Bonchev–Trinajstić information content (AvgIpc) is 2.92. The smallest absolute Gasteiger partial charge is 0.289 e. The van der Waals surface area contributed by atoms with Crippen LogP contribution in [0.5, 0.6) is 0 Å². The van der Waals surface area contributed by atoms with Crippen molar-refractivity contribution in [2.75, 3.05) is 26.2 Å². The van der Waals surface area contributed by atoms with Gasteiger partial charge in [-0.15, -0.1) is 0 Å². The van der Waals surface area contributed by atoms with E-state index in [1.165, 1.54) is 0 Å². The lowest BCUT2D eigenvalue weighted by atomic mass is 10.0. The summed E-state index contributed by atoms with van der Waals surface area (Å²) in [7, 11) is 0. The Labute approximate surface area is 156 Å². The van der Waals surface area contributed by atoms with Crippen molar-refractivity contribution in [3.05, 3.63) is 34.0 Å². The summed E-state index contributed by atoms with van der Waals surface area (Å²) in [5.74, 6) is 0.632. The van der Waals surface area contributed by atoms with Gasteiger partial charge >= 0.3 is 0 Å². The lowest BCUT2D eigenvalue weighted by Crippen LogP contribution is -2.52. The molecule has 1 fully saturated rings. The molecule has 1 atom stereocenters. The molecule has 1 aromatic heterocycles. The van der Waals surface area contributed by atoms with Crippen LogP contribution >= 0.6 is 15.9 Å². The first kappa shape index (κ1) is 18.0. The number of furan rings is 1. The maximum absolute atomic E-state index is 12.9. The lowest BCUT2D eigenvalue weighted by Gasteiger charge is -2.37. The van der Waals surface area contributed by atoms with Gasteiger partial charge in [0.05, 0.1) is 6.07 Å². The van der Waals surface area contributed by atoms with Crippen LogP contribution in [-0.4, -0.2) is 47.9 Å². The Morgan fingerprint density at radius 1 is 1.28 bits per heavy atom. The van der Waals surface area contributed by atoms with Gasteiger partial charge in [0, 0.05) is 41.6 Å². The first-order valence-corrected chi connectivity index (χ1v) is 9.33. The average molecular weight is 404 g/mol. The van der Waals surface area contributed by atoms with Crippen molar-refractivity contribution in [1.29, 1.82) is 5.26 Å². The molecule has 5 nitrogen and oxygen atoms in total. The van der Waals surface area contributed by atoms with E-state index in [-0.39, 0.29) is 17.9 Å². The summed E-state index contributed by atoms with van der Waals surface area (Å²) < 4.78 is 6.79. The summed E-state index contributed by atoms with van der Waals surface area (Å²) in [6, 6.07) is 8.04. The van der Waals surface area contributed by atoms with Crippen molar-refractivity contribution in [2.45, 2.75) is 26.8 Å². The van der Waals surface area contributed by atoms with Crippen LogP contribution in [0.4, 0.5) is 0 Å². The minimum absolute atomic E-state index is 0.0671. The zero-order chi connectivity index (χ0) is 18.1. The SMILES string of the molecule is Cc1c(C(=O)N2CCN(C(C#N)C(C)C)CC2)oc2ccc(Br)cc12. The summed E-state index contributed by atoms with van der Waals surface area (Å²) >= 11 is 3.46. The molecule has 0 radical (unpaired) electrons. The van der Waals surface area contributed by atoms with Gasteiger partial charge in [-0.25, -0.2) is 0 Å². The van der Waals surface area contributed by atoms with Crippen molar-refractivity contribution in [1.82, 2.24) is 9.80 Å². The van der Waals surface area contributed by atoms with Gasteiger partial charge in [-0.1, -0.05) is 29.8 Å². The largest absolute Gasteiger partial charge is 0.451 e. The number of benzene rings is 1. The molecule has 1 saturated heterocycles. The summed E-state index contributed by atoms with van der Waals surface area (Å²) in [5, 5.41) is 10.3. The Bertz CT molecular complexity index is 829. The van der Waals surface area contributed by atoms with Gasteiger partial charge < -0.3 is 9.32 Å². The molecule has 25 heavy (non-hydrogen) atoms. The zero-order valence-electron chi connectivity index (χ0n) is 14.8. The summed E-state index contributed by atoms with van der Waals surface area (Å²) in [6.45, 7) is 8.70. The van der Waals surface area contributed by atoms with E-state index >= 15 is 0 Å². The van der Waals surface area contributed by atoms with Crippen LogP contribution in [-0.2, 0) is 0 Å². The molecule has 2 aromatic rings. The molecule has 0 saturated carbocycles.